The fraction of sp³-hybridized carbons (Fsp3) is 0.571. The number of anilines is 1. The van der Waals surface area contributed by atoms with Crippen LogP contribution in [0.2, 0.25) is 0 Å². The number of aromatic nitrogens is 2. The Labute approximate surface area is 281 Å². The van der Waals surface area contributed by atoms with Gasteiger partial charge < -0.3 is 14.9 Å². The Bertz CT molecular complexity index is 1500. The molecule has 1 saturated carbocycles. The van der Waals surface area contributed by atoms with Crippen LogP contribution >= 0.6 is 0 Å². The molecule has 1 saturated heterocycles. The molecule has 3 atom stereocenters. The molecule has 0 bridgehead atoms. The molecule has 1 amide bonds. The predicted molar refractivity (Wildman–Crippen MR) is 172 cm³/mol. The molecule has 1 aromatic carbocycles. The van der Waals surface area contributed by atoms with E-state index in [4.69, 9.17) is 0 Å². The highest BCUT2D eigenvalue weighted by Crippen LogP contribution is 2.40. The third kappa shape index (κ3) is 8.61. The number of allylic oxidation sites excluding steroid dienone is 1. The molecule has 3 aliphatic rings. The zero-order chi connectivity index (χ0) is 35.5. The molecule has 0 spiro atoms. The summed E-state index contributed by atoms with van der Waals surface area (Å²) < 4.78 is 82.8. The average molecular weight is 694 g/mol. The number of carboxylic acid groups (broad SMARTS) is 1. The van der Waals surface area contributed by atoms with Crippen LogP contribution in [0.3, 0.4) is 0 Å². The number of aliphatic carboxylic acids is 1. The van der Waals surface area contributed by atoms with Crippen LogP contribution in [0.15, 0.2) is 41.7 Å². The summed E-state index contributed by atoms with van der Waals surface area (Å²) in [6.07, 6.45) is 1.36. The Morgan fingerprint density at radius 3 is 1.94 bits per heavy atom. The summed E-state index contributed by atoms with van der Waals surface area (Å²) in [7, 11) is 0. The number of hydrogen-bond donors (Lipinski definition) is 1. The van der Waals surface area contributed by atoms with Crippen LogP contribution in [0, 0.1) is 11.8 Å². The van der Waals surface area contributed by atoms with Gasteiger partial charge in [-0.2, -0.15) is 26.3 Å². The number of carbonyl (C=O) groups is 2. The highest BCUT2D eigenvalue weighted by molar-refractivity contribution is 6.11. The topological polar surface area (TPSA) is 99.0 Å². The summed E-state index contributed by atoms with van der Waals surface area (Å²) in [5, 5.41) is 9.19. The molecular formula is C35H41F6N5O3. The summed E-state index contributed by atoms with van der Waals surface area (Å²) in [5.74, 6) is -0.840. The fourth-order valence-corrected chi connectivity index (χ4v) is 7.50. The van der Waals surface area contributed by atoms with Crippen LogP contribution in [-0.4, -0.2) is 62.7 Å². The second kappa shape index (κ2) is 14.9. The zero-order valence-corrected chi connectivity index (χ0v) is 27.5. The number of hydrogen-bond acceptors (Lipinski definition) is 6. The number of carbonyl (C=O) groups excluding carboxylic acids is 1. The van der Waals surface area contributed by atoms with Crippen molar-refractivity contribution >= 4 is 29.6 Å². The SMILES string of the molecule is CC[C@@H]1CC(N(Cc2cc(C(F)(F)F)cc(C(F)(F)F)c2)c2ncc(C3=CCN=C3)cn2)C[C@H](CC)N1C(=O)C1CCC(CC(=O)O)CC1. The fourth-order valence-electron chi connectivity index (χ4n) is 7.50. The summed E-state index contributed by atoms with van der Waals surface area (Å²) >= 11 is 0. The van der Waals surface area contributed by atoms with Crippen molar-refractivity contribution in [1.29, 1.82) is 0 Å². The minimum atomic E-state index is -4.99. The van der Waals surface area contributed by atoms with E-state index in [0.717, 1.165) is 17.7 Å². The number of aliphatic imine (C=N–C) groups is 1. The molecule has 266 valence electrons. The Balaban J connectivity index is 1.46. The van der Waals surface area contributed by atoms with E-state index < -0.39 is 35.5 Å². The monoisotopic (exact) mass is 693 g/mol. The highest BCUT2D eigenvalue weighted by atomic mass is 19.4. The maximum absolute atomic E-state index is 14.0. The van der Waals surface area contributed by atoms with Crippen LogP contribution in [-0.2, 0) is 28.5 Å². The van der Waals surface area contributed by atoms with E-state index in [1.54, 1.807) is 23.5 Å². The lowest BCUT2D eigenvalue weighted by atomic mass is 9.78. The van der Waals surface area contributed by atoms with Crippen LogP contribution < -0.4 is 4.90 Å². The van der Waals surface area contributed by atoms with Crippen molar-refractivity contribution in [2.45, 2.75) is 109 Å². The third-order valence-electron chi connectivity index (χ3n) is 10.0. The Morgan fingerprint density at radius 2 is 1.47 bits per heavy atom. The highest BCUT2D eigenvalue weighted by Gasteiger charge is 2.43. The van der Waals surface area contributed by atoms with Crippen molar-refractivity contribution in [2.75, 3.05) is 11.4 Å². The van der Waals surface area contributed by atoms with Crippen LogP contribution in [0.25, 0.3) is 5.57 Å². The van der Waals surface area contributed by atoms with Gasteiger partial charge in [0, 0.05) is 66.8 Å². The van der Waals surface area contributed by atoms with Crippen molar-refractivity contribution in [2.24, 2.45) is 16.8 Å². The zero-order valence-electron chi connectivity index (χ0n) is 27.5. The van der Waals surface area contributed by atoms with Crippen molar-refractivity contribution in [1.82, 2.24) is 14.9 Å². The van der Waals surface area contributed by atoms with E-state index in [2.05, 4.69) is 15.0 Å². The van der Waals surface area contributed by atoms with Gasteiger partial charge in [0.15, 0.2) is 0 Å². The number of rotatable bonds is 10. The molecule has 2 aliphatic heterocycles. The summed E-state index contributed by atoms with van der Waals surface area (Å²) in [4.78, 5) is 42.1. The first-order valence-electron chi connectivity index (χ1n) is 16.8. The normalized spacial score (nSPS) is 24.5. The Kier molecular flexibility index (Phi) is 11.0. The number of halogens is 6. The maximum atomic E-state index is 14.0. The molecule has 3 heterocycles. The van der Waals surface area contributed by atoms with Gasteiger partial charge in [-0.05, 0) is 81.0 Å². The van der Waals surface area contributed by atoms with Crippen molar-refractivity contribution in [3.63, 3.8) is 0 Å². The van der Waals surface area contributed by atoms with Gasteiger partial charge in [0.25, 0.3) is 0 Å². The van der Waals surface area contributed by atoms with Crippen molar-refractivity contribution in [3.05, 3.63) is 58.9 Å². The van der Waals surface area contributed by atoms with E-state index in [9.17, 15) is 41.0 Å². The summed E-state index contributed by atoms with van der Waals surface area (Å²) in [6.45, 7) is 4.12. The van der Waals surface area contributed by atoms with Crippen molar-refractivity contribution < 1.29 is 41.0 Å². The van der Waals surface area contributed by atoms with E-state index >= 15 is 0 Å². The van der Waals surface area contributed by atoms with Crippen LogP contribution in [0.5, 0.6) is 0 Å². The van der Waals surface area contributed by atoms with Gasteiger partial charge in [-0.15, -0.1) is 0 Å². The molecule has 1 N–H and O–H groups in total. The predicted octanol–water partition coefficient (Wildman–Crippen LogP) is 7.82. The van der Waals surface area contributed by atoms with Gasteiger partial charge in [-0.1, -0.05) is 19.9 Å². The molecule has 49 heavy (non-hydrogen) atoms. The van der Waals surface area contributed by atoms with E-state index in [1.807, 2.05) is 24.8 Å². The van der Waals surface area contributed by atoms with Gasteiger partial charge >= 0.3 is 18.3 Å². The minimum Gasteiger partial charge on any atom is -0.481 e. The van der Waals surface area contributed by atoms with Gasteiger partial charge in [-0.3, -0.25) is 14.6 Å². The number of carboxylic acids is 1. The molecular weight excluding hydrogens is 652 g/mol. The largest absolute Gasteiger partial charge is 0.481 e. The number of amides is 1. The number of nitrogens with zero attached hydrogens (tertiary/aromatic N) is 5. The Hall–Kier alpha value is -3.97. The lowest BCUT2D eigenvalue weighted by Crippen LogP contribution is -2.58. The van der Waals surface area contributed by atoms with Crippen molar-refractivity contribution in [3.8, 4) is 0 Å². The molecule has 14 heteroatoms. The van der Waals surface area contributed by atoms with Crippen LogP contribution in [0.1, 0.15) is 93.9 Å². The molecule has 1 unspecified atom stereocenters. The molecule has 1 aliphatic carbocycles. The third-order valence-corrected chi connectivity index (χ3v) is 10.0. The smallest absolute Gasteiger partial charge is 0.416 e. The second-order valence-electron chi connectivity index (χ2n) is 13.3. The van der Waals surface area contributed by atoms with Gasteiger partial charge in [0.1, 0.15) is 0 Å². The molecule has 5 rings (SSSR count). The molecule has 0 radical (unpaired) electrons. The van der Waals surface area contributed by atoms with E-state index in [0.29, 0.717) is 63.5 Å². The first kappa shape index (κ1) is 36.3. The minimum absolute atomic E-state index is 0.0253. The molecule has 1 aromatic heterocycles. The first-order chi connectivity index (χ1) is 23.2. The molecule has 2 fully saturated rings. The quantitative estimate of drug-likeness (QED) is 0.255. The number of alkyl halides is 6. The maximum Gasteiger partial charge on any atom is 0.416 e. The van der Waals surface area contributed by atoms with Gasteiger partial charge in [0.05, 0.1) is 17.7 Å². The Morgan fingerprint density at radius 1 is 0.898 bits per heavy atom. The number of benzene rings is 1. The summed E-state index contributed by atoms with van der Waals surface area (Å²) in [5.41, 5.74) is -1.47. The average Bonchev–Trinajstić information content (AvgIpc) is 3.61. The first-order valence-corrected chi connectivity index (χ1v) is 16.8. The van der Waals surface area contributed by atoms with E-state index in [1.165, 1.54) is 0 Å². The molecule has 2 aromatic rings. The van der Waals surface area contributed by atoms with Gasteiger partial charge in [0.2, 0.25) is 11.9 Å². The van der Waals surface area contributed by atoms with Crippen LogP contribution in [0.4, 0.5) is 32.3 Å². The van der Waals surface area contributed by atoms with E-state index in [-0.39, 0.29) is 60.4 Å². The van der Waals surface area contributed by atoms with Gasteiger partial charge in [-0.25, -0.2) is 9.97 Å². The number of piperidine rings is 1. The molecule has 8 nitrogen and oxygen atoms in total. The summed E-state index contributed by atoms with van der Waals surface area (Å²) in [6, 6.07) is 0.736. The standard InChI is InChI=1S/C35H41F6N5O3/c1-3-28-15-30(16-29(4-2)46(28)32(49)23-7-5-21(6-8-23)13-31(47)48)45(33-43-18-25(19-44-33)24-9-10-42-17-24)20-22-11-26(34(36,37)38)14-27(12-22)35(39,40)41/h9,11-12,14,17-19,21,23,28-30H,3-8,10,13,15-16,20H2,1-2H3,(H,47,48)/t21?,23?,28-,29+,30?. The second-order valence-corrected chi connectivity index (χ2v) is 13.3. The lowest BCUT2D eigenvalue weighted by Gasteiger charge is -2.49. The lowest BCUT2D eigenvalue weighted by molar-refractivity contribution is -0.145. The number of likely N-dealkylation sites (tertiary alicyclic amines) is 1.